The lowest BCUT2D eigenvalue weighted by Gasteiger charge is -2.12. The molecule has 0 N–H and O–H groups in total. The van der Waals surface area contributed by atoms with Crippen LogP contribution in [0.4, 0.5) is 0 Å². The third kappa shape index (κ3) is 11.5. The maximum absolute atomic E-state index is 11.9. The molecule has 21 heavy (non-hydrogen) atoms. The van der Waals surface area contributed by atoms with Crippen molar-refractivity contribution in [2.45, 2.75) is 91.9 Å². The minimum Gasteiger partial charge on any atom is -0.462 e. The zero-order valence-electron chi connectivity index (χ0n) is 14.7. The number of ether oxygens (including phenoxy) is 1. The molecule has 2 nitrogen and oxygen atoms in total. The highest BCUT2D eigenvalue weighted by Crippen LogP contribution is 2.18. The average molecular weight is 296 g/mol. The van der Waals surface area contributed by atoms with Crippen LogP contribution in [-0.2, 0) is 9.53 Å². The molecular weight excluding hydrogens is 260 g/mol. The zero-order valence-corrected chi connectivity index (χ0v) is 14.7. The smallest absolute Gasteiger partial charge is 0.333 e. The van der Waals surface area contributed by atoms with E-state index in [1.54, 1.807) is 0 Å². The van der Waals surface area contributed by atoms with Crippen LogP contribution in [-0.4, -0.2) is 12.6 Å². The molecule has 0 bridgehead atoms. The number of hydrogen-bond acceptors (Lipinski definition) is 2. The third-order valence-corrected chi connectivity index (χ3v) is 4.10. The number of rotatable bonds is 13. The summed E-state index contributed by atoms with van der Waals surface area (Å²) < 4.78 is 5.32. The normalized spacial score (nSPS) is 13.2. The maximum atomic E-state index is 11.9. The second kappa shape index (κ2) is 14.2. The van der Waals surface area contributed by atoms with Gasteiger partial charge in [-0.15, -0.1) is 0 Å². The van der Waals surface area contributed by atoms with E-state index in [9.17, 15) is 4.79 Å². The van der Waals surface area contributed by atoms with Crippen LogP contribution in [0.15, 0.2) is 11.6 Å². The number of allylic oxidation sites excluding steroid dienone is 1. The Balaban J connectivity index is 3.87. The second-order valence-corrected chi connectivity index (χ2v) is 6.09. The fourth-order valence-corrected chi connectivity index (χ4v) is 2.39. The average Bonchev–Trinajstić information content (AvgIpc) is 2.50. The van der Waals surface area contributed by atoms with Crippen LogP contribution in [0.5, 0.6) is 0 Å². The number of unbranched alkanes of at least 4 members (excludes halogenated alkanes) is 5. The van der Waals surface area contributed by atoms with Crippen LogP contribution >= 0.6 is 0 Å². The second-order valence-electron chi connectivity index (χ2n) is 6.09. The molecular formula is C19H36O2. The van der Waals surface area contributed by atoms with Crippen molar-refractivity contribution >= 4 is 5.97 Å². The van der Waals surface area contributed by atoms with Gasteiger partial charge in [0.2, 0.25) is 0 Å². The van der Waals surface area contributed by atoms with E-state index in [1.807, 2.05) is 6.92 Å². The van der Waals surface area contributed by atoms with Gasteiger partial charge in [0.05, 0.1) is 6.61 Å². The topological polar surface area (TPSA) is 26.3 Å². The molecule has 0 radical (unpaired) electrons. The van der Waals surface area contributed by atoms with Crippen molar-refractivity contribution in [3.8, 4) is 0 Å². The summed E-state index contributed by atoms with van der Waals surface area (Å²) in [6.07, 6.45) is 14.0. The van der Waals surface area contributed by atoms with Crippen molar-refractivity contribution in [2.75, 3.05) is 6.61 Å². The summed E-state index contributed by atoms with van der Waals surface area (Å²) >= 11 is 0. The lowest BCUT2D eigenvalue weighted by Crippen LogP contribution is -2.08. The van der Waals surface area contributed by atoms with Crippen LogP contribution < -0.4 is 0 Å². The Hall–Kier alpha value is -0.790. The molecule has 0 saturated carbocycles. The molecule has 0 heterocycles. The monoisotopic (exact) mass is 296 g/mol. The van der Waals surface area contributed by atoms with Crippen molar-refractivity contribution in [3.63, 3.8) is 0 Å². The number of carbonyl (C=O) groups excluding carboxylic acids is 1. The Labute approximate surface area is 132 Å². The van der Waals surface area contributed by atoms with Crippen LogP contribution in [0, 0.1) is 5.92 Å². The fourth-order valence-electron chi connectivity index (χ4n) is 2.39. The SMILES string of the molecule is CCCCCCCOC(=O)C(C)=CCC(CC)CCCC. The van der Waals surface area contributed by atoms with Crippen LogP contribution in [0.1, 0.15) is 91.9 Å². The van der Waals surface area contributed by atoms with Crippen molar-refractivity contribution in [2.24, 2.45) is 5.92 Å². The molecule has 0 aliphatic heterocycles. The maximum Gasteiger partial charge on any atom is 0.333 e. The first-order valence-electron chi connectivity index (χ1n) is 8.99. The summed E-state index contributed by atoms with van der Waals surface area (Å²) in [5.74, 6) is 0.581. The van der Waals surface area contributed by atoms with Gasteiger partial charge in [-0.05, 0) is 25.7 Å². The summed E-state index contributed by atoms with van der Waals surface area (Å²) in [4.78, 5) is 11.9. The Morgan fingerprint density at radius 2 is 1.67 bits per heavy atom. The molecule has 0 aromatic heterocycles. The van der Waals surface area contributed by atoms with Crippen LogP contribution in [0.25, 0.3) is 0 Å². The van der Waals surface area contributed by atoms with Crippen LogP contribution in [0.2, 0.25) is 0 Å². The lowest BCUT2D eigenvalue weighted by atomic mass is 9.95. The Kier molecular flexibility index (Phi) is 13.6. The van der Waals surface area contributed by atoms with E-state index in [4.69, 9.17) is 4.74 Å². The van der Waals surface area contributed by atoms with E-state index in [0.29, 0.717) is 12.5 Å². The van der Waals surface area contributed by atoms with Gasteiger partial charge in [-0.2, -0.15) is 0 Å². The van der Waals surface area contributed by atoms with Gasteiger partial charge in [-0.25, -0.2) is 4.79 Å². The lowest BCUT2D eigenvalue weighted by molar-refractivity contribution is -0.139. The molecule has 0 aliphatic carbocycles. The quantitative estimate of drug-likeness (QED) is 0.235. The van der Waals surface area contributed by atoms with Crippen molar-refractivity contribution in [3.05, 3.63) is 11.6 Å². The fraction of sp³-hybridized carbons (Fsp3) is 0.842. The van der Waals surface area contributed by atoms with E-state index in [1.165, 1.54) is 51.4 Å². The third-order valence-electron chi connectivity index (χ3n) is 4.10. The van der Waals surface area contributed by atoms with Gasteiger partial charge in [-0.1, -0.05) is 78.2 Å². The molecule has 2 heteroatoms. The summed E-state index contributed by atoms with van der Waals surface area (Å²) in [7, 11) is 0. The zero-order chi connectivity index (χ0) is 15.9. The van der Waals surface area contributed by atoms with Gasteiger partial charge < -0.3 is 4.74 Å². The number of esters is 1. The van der Waals surface area contributed by atoms with Crippen LogP contribution in [0.3, 0.4) is 0 Å². The van der Waals surface area contributed by atoms with Gasteiger partial charge >= 0.3 is 5.97 Å². The van der Waals surface area contributed by atoms with Gasteiger partial charge in [0.25, 0.3) is 0 Å². The molecule has 0 spiro atoms. The van der Waals surface area contributed by atoms with Crippen molar-refractivity contribution in [1.82, 2.24) is 0 Å². The molecule has 0 aliphatic rings. The molecule has 0 fully saturated rings. The van der Waals surface area contributed by atoms with E-state index in [0.717, 1.165) is 18.4 Å². The minimum atomic E-state index is -0.129. The molecule has 0 aromatic carbocycles. The molecule has 1 atom stereocenters. The largest absolute Gasteiger partial charge is 0.462 e. The van der Waals surface area contributed by atoms with Crippen molar-refractivity contribution < 1.29 is 9.53 Å². The van der Waals surface area contributed by atoms with E-state index < -0.39 is 0 Å². The Morgan fingerprint density at radius 1 is 1.00 bits per heavy atom. The molecule has 0 amide bonds. The molecule has 1 unspecified atom stereocenters. The predicted octanol–water partition coefficient (Wildman–Crippen LogP) is 6.05. The molecule has 0 rings (SSSR count). The highest BCUT2D eigenvalue weighted by Gasteiger charge is 2.08. The highest BCUT2D eigenvalue weighted by molar-refractivity contribution is 5.87. The van der Waals surface area contributed by atoms with Gasteiger partial charge in [0.1, 0.15) is 0 Å². The van der Waals surface area contributed by atoms with Gasteiger partial charge in [0.15, 0.2) is 0 Å². The predicted molar refractivity (Wildman–Crippen MR) is 91.4 cm³/mol. The molecule has 0 saturated heterocycles. The van der Waals surface area contributed by atoms with E-state index >= 15 is 0 Å². The van der Waals surface area contributed by atoms with Gasteiger partial charge in [0, 0.05) is 5.57 Å². The first-order chi connectivity index (χ1) is 10.2. The summed E-state index contributed by atoms with van der Waals surface area (Å²) in [5, 5.41) is 0. The standard InChI is InChI=1S/C19H36O2/c1-5-8-10-11-12-16-21-19(20)17(4)14-15-18(7-3)13-9-6-2/h14,18H,5-13,15-16H2,1-4H3. The van der Waals surface area contributed by atoms with Gasteiger partial charge in [-0.3, -0.25) is 0 Å². The minimum absolute atomic E-state index is 0.129. The first-order valence-corrected chi connectivity index (χ1v) is 8.99. The first kappa shape index (κ1) is 20.2. The highest BCUT2D eigenvalue weighted by atomic mass is 16.5. The summed E-state index contributed by atoms with van der Waals surface area (Å²) in [6.45, 7) is 9.12. The molecule has 124 valence electrons. The molecule has 0 aromatic rings. The number of hydrogen-bond donors (Lipinski definition) is 0. The number of carbonyl (C=O) groups is 1. The summed E-state index contributed by atoms with van der Waals surface area (Å²) in [6, 6.07) is 0. The van der Waals surface area contributed by atoms with Crippen molar-refractivity contribution in [1.29, 1.82) is 0 Å². The van der Waals surface area contributed by atoms with E-state index in [-0.39, 0.29) is 5.97 Å². The summed E-state index contributed by atoms with van der Waals surface area (Å²) in [5.41, 5.74) is 0.776. The van der Waals surface area contributed by atoms with E-state index in [2.05, 4.69) is 26.8 Å². The Morgan fingerprint density at radius 3 is 2.29 bits per heavy atom. The Bertz CT molecular complexity index is 281.